The van der Waals surface area contributed by atoms with E-state index in [0.29, 0.717) is 6.04 Å². The fourth-order valence-electron chi connectivity index (χ4n) is 2.35. The van der Waals surface area contributed by atoms with Crippen LogP contribution >= 0.6 is 27.3 Å². The number of halogens is 1. The molecule has 1 atom stereocenters. The van der Waals surface area contributed by atoms with E-state index in [-0.39, 0.29) is 0 Å². The van der Waals surface area contributed by atoms with Crippen molar-refractivity contribution >= 4 is 27.3 Å². The summed E-state index contributed by atoms with van der Waals surface area (Å²) in [7, 11) is 0. The molecule has 4 heteroatoms. The van der Waals surface area contributed by atoms with Crippen LogP contribution in [0.25, 0.3) is 0 Å². The molecule has 0 spiro atoms. The van der Waals surface area contributed by atoms with E-state index in [1.165, 1.54) is 28.4 Å². The molecule has 1 aliphatic carbocycles. The molecule has 88 valence electrons. The van der Waals surface area contributed by atoms with Gasteiger partial charge < -0.3 is 5.32 Å². The van der Waals surface area contributed by atoms with Crippen molar-refractivity contribution in [2.45, 2.75) is 25.4 Å². The summed E-state index contributed by atoms with van der Waals surface area (Å²) in [5.74, 6) is 0. The Kier molecular flexibility index (Phi) is 3.27. The fraction of sp³-hybridized carbons (Fsp3) is 0.308. The van der Waals surface area contributed by atoms with Gasteiger partial charge in [0, 0.05) is 28.6 Å². The number of thiazole rings is 1. The van der Waals surface area contributed by atoms with Crippen LogP contribution in [0.15, 0.2) is 34.2 Å². The number of benzene rings is 1. The first-order chi connectivity index (χ1) is 8.33. The van der Waals surface area contributed by atoms with Crippen molar-refractivity contribution in [3.63, 3.8) is 0 Å². The zero-order valence-corrected chi connectivity index (χ0v) is 11.7. The van der Waals surface area contributed by atoms with Gasteiger partial charge in [-0.3, -0.25) is 0 Å². The molecule has 1 aliphatic rings. The predicted molar refractivity (Wildman–Crippen MR) is 74.2 cm³/mol. The second-order valence-corrected chi connectivity index (χ2v) is 6.14. The number of nitrogens with zero attached hydrogens (tertiary/aromatic N) is 1. The smallest absolute Gasteiger partial charge is 0.106 e. The summed E-state index contributed by atoms with van der Waals surface area (Å²) < 4.78 is 1.18. The summed E-state index contributed by atoms with van der Waals surface area (Å²) in [6.07, 6.45) is 4.23. The Bertz CT molecular complexity index is 510. The maximum atomic E-state index is 4.30. The van der Waals surface area contributed by atoms with Crippen molar-refractivity contribution in [3.05, 3.63) is 50.4 Å². The number of aromatic nitrogens is 1. The second-order valence-electron chi connectivity index (χ2n) is 4.24. The molecule has 1 unspecified atom stereocenters. The van der Waals surface area contributed by atoms with Gasteiger partial charge in [0.05, 0.1) is 0 Å². The Morgan fingerprint density at radius 1 is 1.47 bits per heavy atom. The highest BCUT2D eigenvalue weighted by molar-refractivity contribution is 9.10. The third-order valence-electron chi connectivity index (χ3n) is 3.17. The molecule has 1 aromatic heterocycles. The molecular weight excluding hydrogens is 296 g/mol. The van der Waals surface area contributed by atoms with E-state index in [9.17, 15) is 0 Å². The van der Waals surface area contributed by atoms with Crippen molar-refractivity contribution < 1.29 is 0 Å². The maximum Gasteiger partial charge on any atom is 0.106 e. The van der Waals surface area contributed by atoms with Gasteiger partial charge >= 0.3 is 0 Å². The van der Waals surface area contributed by atoms with Crippen LogP contribution in [0.2, 0.25) is 0 Å². The molecule has 0 bridgehead atoms. The maximum absolute atomic E-state index is 4.30. The number of aryl methyl sites for hydroxylation is 1. The molecule has 1 N–H and O–H groups in total. The van der Waals surface area contributed by atoms with E-state index < -0.39 is 0 Å². The van der Waals surface area contributed by atoms with E-state index in [1.807, 2.05) is 11.6 Å². The largest absolute Gasteiger partial charge is 0.304 e. The van der Waals surface area contributed by atoms with Gasteiger partial charge in [0.2, 0.25) is 0 Å². The standard InChI is InChI=1S/C13H13BrN2S/c14-10-2-3-11-9(7-10)1-4-12(11)16-8-13-15-5-6-17-13/h2-3,5-7,12,16H,1,4,8H2. The highest BCUT2D eigenvalue weighted by Crippen LogP contribution is 2.33. The van der Waals surface area contributed by atoms with Crippen molar-refractivity contribution in [2.75, 3.05) is 0 Å². The first-order valence-electron chi connectivity index (χ1n) is 5.73. The van der Waals surface area contributed by atoms with Gasteiger partial charge in [0.1, 0.15) is 5.01 Å². The van der Waals surface area contributed by atoms with Crippen molar-refractivity contribution in [3.8, 4) is 0 Å². The Hall–Kier alpha value is -0.710. The lowest BCUT2D eigenvalue weighted by Gasteiger charge is -2.12. The lowest BCUT2D eigenvalue weighted by molar-refractivity contribution is 0.529. The van der Waals surface area contributed by atoms with Crippen molar-refractivity contribution in [2.24, 2.45) is 0 Å². The topological polar surface area (TPSA) is 24.9 Å². The van der Waals surface area contributed by atoms with Gasteiger partial charge in [0.25, 0.3) is 0 Å². The minimum Gasteiger partial charge on any atom is -0.304 e. The van der Waals surface area contributed by atoms with E-state index >= 15 is 0 Å². The van der Waals surface area contributed by atoms with Crippen LogP contribution in [-0.2, 0) is 13.0 Å². The monoisotopic (exact) mass is 308 g/mol. The third-order valence-corrected chi connectivity index (χ3v) is 4.44. The molecule has 1 aromatic carbocycles. The highest BCUT2D eigenvalue weighted by Gasteiger charge is 2.21. The molecule has 0 saturated heterocycles. The summed E-state index contributed by atoms with van der Waals surface area (Å²) in [5, 5.41) is 6.78. The second kappa shape index (κ2) is 4.88. The molecule has 2 nitrogen and oxygen atoms in total. The molecule has 0 amide bonds. The fourth-order valence-corrected chi connectivity index (χ4v) is 3.32. The van der Waals surface area contributed by atoms with Gasteiger partial charge in [-0.1, -0.05) is 22.0 Å². The van der Waals surface area contributed by atoms with E-state index in [2.05, 4.69) is 44.4 Å². The molecule has 0 fully saturated rings. The summed E-state index contributed by atoms with van der Waals surface area (Å²) in [4.78, 5) is 4.30. The number of rotatable bonds is 3. The Balaban J connectivity index is 1.71. The zero-order valence-electron chi connectivity index (χ0n) is 9.32. The van der Waals surface area contributed by atoms with Crippen molar-refractivity contribution in [1.29, 1.82) is 0 Å². The SMILES string of the molecule is Brc1ccc2c(c1)CCC2NCc1nccs1. The average molecular weight is 309 g/mol. The molecule has 3 rings (SSSR count). The summed E-state index contributed by atoms with van der Waals surface area (Å²) >= 11 is 5.24. The minimum atomic E-state index is 0.488. The molecule has 17 heavy (non-hydrogen) atoms. The van der Waals surface area contributed by atoms with Crippen LogP contribution in [0.5, 0.6) is 0 Å². The van der Waals surface area contributed by atoms with Crippen LogP contribution < -0.4 is 5.32 Å². The van der Waals surface area contributed by atoms with Gasteiger partial charge in [-0.25, -0.2) is 4.98 Å². The molecule has 0 aliphatic heterocycles. The highest BCUT2D eigenvalue weighted by atomic mass is 79.9. The van der Waals surface area contributed by atoms with Crippen LogP contribution in [0.3, 0.4) is 0 Å². The quantitative estimate of drug-likeness (QED) is 0.935. The van der Waals surface area contributed by atoms with Crippen LogP contribution in [-0.4, -0.2) is 4.98 Å². The van der Waals surface area contributed by atoms with E-state index in [0.717, 1.165) is 11.6 Å². The van der Waals surface area contributed by atoms with Gasteiger partial charge in [-0.05, 0) is 36.1 Å². The Morgan fingerprint density at radius 2 is 2.41 bits per heavy atom. The molecular formula is C13H13BrN2S. The number of nitrogens with one attached hydrogen (secondary N) is 1. The Morgan fingerprint density at radius 3 is 3.24 bits per heavy atom. The molecule has 1 heterocycles. The van der Waals surface area contributed by atoms with Gasteiger partial charge in [-0.15, -0.1) is 11.3 Å². The van der Waals surface area contributed by atoms with Crippen LogP contribution in [0.4, 0.5) is 0 Å². The predicted octanol–water partition coefficient (Wildman–Crippen LogP) is 3.68. The van der Waals surface area contributed by atoms with Gasteiger partial charge in [-0.2, -0.15) is 0 Å². The first kappa shape index (κ1) is 11.4. The lowest BCUT2D eigenvalue weighted by Crippen LogP contribution is -2.18. The normalized spacial score (nSPS) is 18.3. The molecule has 0 radical (unpaired) electrons. The van der Waals surface area contributed by atoms with Crippen molar-refractivity contribution in [1.82, 2.24) is 10.3 Å². The zero-order chi connectivity index (χ0) is 11.7. The van der Waals surface area contributed by atoms with Crippen LogP contribution in [0, 0.1) is 0 Å². The van der Waals surface area contributed by atoms with E-state index in [4.69, 9.17) is 0 Å². The summed E-state index contributed by atoms with van der Waals surface area (Å²) in [6.45, 7) is 0.873. The minimum absolute atomic E-state index is 0.488. The summed E-state index contributed by atoms with van der Waals surface area (Å²) in [5.41, 5.74) is 2.92. The number of hydrogen-bond acceptors (Lipinski definition) is 3. The number of fused-ring (bicyclic) bond motifs is 1. The van der Waals surface area contributed by atoms with Gasteiger partial charge in [0.15, 0.2) is 0 Å². The first-order valence-corrected chi connectivity index (χ1v) is 7.40. The lowest BCUT2D eigenvalue weighted by atomic mass is 10.1. The molecule has 2 aromatic rings. The molecule has 0 saturated carbocycles. The third kappa shape index (κ3) is 2.44. The number of hydrogen-bond donors (Lipinski definition) is 1. The van der Waals surface area contributed by atoms with E-state index in [1.54, 1.807) is 11.3 Å². The summed E-state index contributed by atoms with van der Waals surface area (Å²) in [6, 6.07) is 7.08. The van der Waals surface area contributed by atoms with Crippen LogP contribution in [0.1, 0.15) is 28.6 Å². The average Bonchev–Trinajstić information content (AvgIpc) is 2.94. The Labute approximate surface area is 113 Å².